The molecule has 13 heavy (non-hydrogen) atoms. The zero-order valence-electron chi connectivity index (χ0n) is 7.44. The molecule has 5 nitrogen and oxygen atoms in total. The molecular formula is C7H11N3O2S. The van der Waals surface area contributed by atoms with Gasteiger partial charge in [-0.15, -0.1) is 5.10 Å². The predicted molar refractivity (Wildman–Crippen MR) is 48.8 cm³/mol. The lowest BCUT2D eigenvalue weighted by atomic mass is 10.3. The van der Waals surface area contributed by atoms with Crippen molar-refractivity contribution in [2.45, 2.75) is 26.4 Å². The Morgan fingerprint density at radius 2 is 2.38 bits per heavy atom. The lowest BCUT2D eigenvalue weighted by Gasteiger charge is -2.05. The van der Waals surface area contributed by atoms with Gasteiger partial charge in [0.25, 0.3) is 0 Å². The Balaban J connectivity index is 2.65. The molecule has 0 radical (unpaired) electrons. The standard InChI is InChI=1S/C7H11N3O2S/c1-4(2)8-3-5-6(7(11)12)13-10-9-5/h4,8H,3H2,1-2H3,(H,11,12). The molecule has 0 spiro atoms. The molecule has 0 aromatic carbocycles. The number of rotatable bonds is 4. The van der Waals surface area contributed by atoms with Gasteiger partial charge < -0.3 is 10.4 Å². The first-order valence-corrected chi connectivity index (χ1v) is 4.66. The third-order valence-electron chi connectivity index (χ3n) is 1.43. The van der Waals surface area contributed by atoms with Gasteiger partial charge in [0.05, 0.1) is 0 Å². The number of carboxylic acid groups (broad SMARTS) is 1. The van der Waals surface area contributed by atoms with Crippen LogP contribution in [0.25, 0.3) is 0 Å². The van der Waals surface area contributed by atoms with E-state index in [1.165, 1.54) is 0 Å². The minimum absolute atomic E-state index is 0.216. The second-order valence-corrected chi connectivity index (χ2v) is 3.64. The number of aromatic carboxylic acids is 1. The summed E-state index contributed by atoms with van der Waals surface area (Å²) in [6.07, 6.45) is 0. The minimum atomic E-state index is -0.962. The lowest BCUT2D eigenvalue weighted by Crippen LogP contribution is -2.23. The molecule has 6 heteroatoms. The molecule has 1 aromatic rings. The topological polar surface area (TPSA) is 75.1 Å². The number of hydrogen-bond donors (Lipinski definition) is 2. The van der Waals surface area contributed by atoms with Gasteiger partial charge in [-0.3, -0.25) is 0 Å². The molecule has 72 valence electrons. The molecule has 0 fully saturated rings. The van der Waals surface area contributed by atoms with Gasteiger partial charge in [0.15, 0.2) is 4.88 Å². The van der Waals surface area contributed by atoms with E-state index in [2.05, 4.69) is 14.9 Å². The van der Waals surface area contributed by atoms with Crippen LogP contribution < -0.4 is 5.32 Å². The molecule has 0 amide bonds. The highest BCUT2D eigenvalue weighted by atomic mass is 32.1. The molecule has 2 N–H and O–H groups in total. The van der Waals surface area contributed by atoms with Crippen molar-refractivity contribution in [2.75, 3.05) is 0 Å². The molecule has 0 bridgehead atoms. The second kappa shape index (κ2) is 4.29. The second-order valence-electron chi connectivity index (χ2n) is 2.89. The highest BCUT2D eigenvalue weighted by Crippen LogP contribution is 2.09. The van der Waals surface area contributed by atoms with Gasteiger partial charge in [0, 0.05) is 12.6 Å². The Kier molecular flexibility index (Phi) is 3.32. The lowest BCUT2D eigenvalue weighted by molar-refractivity contribution is 0.0700. The minimum Gasteiger partial charge on any atom is -0.477 e. The van der Waals surface area contributed by atoms with Crippen LogP contribution in [0.1, 0.15) is 29.2 Å². The molecule has 0 saturated heterocycles. The summed E-state index contributed by atoms with van der Waals surface area (Å²) in [6, 6.07) is 0.309. The Labute approximate surface area is 80.0 Å². The number of carbonyl (C=O) groups is 1. The van der Waals surface area contributed by atoms with Crippen molar-refractivity contribution in [3.8, 4) is 0 Å². The highest BCUT2D eigenvalue weighted by molar-refractivity contribution is 7.07. The smallest absolute Gasteiger partial charge is 0.349 e. The quantitative estimate of drug-likeness (QED) is 0.751. The van der Waals surface area contributed by atoms with Crippen LogP contribution in [-0.4, -0.2) is 26.7 Å². The summed E-state index contributed by atoms with van der Waals surface area (Å²) in [7, 11) is 0. The summed E-state index contributed by atoms with van der Waals surface area (Å²) >= 11 is 0.909. The van der Waals surface area contributed by atoms with Crippen LogP contribution in [0.15, 0.2) is 0 Å². The average Bonchev–Trinajstić information content (AvgIpc) is 2.47. The van der Waals surface area contributed by atoms with Gasteiger partial charge in [-0.05, 0) is 11.5 Å². The van der Waals surface area contributed by atoms with Crippen molar-refractivity contribution < 1.29 is 9.90 Å². The summed E-state index contributed by atoms with van der Waals surface area (Å²) in [5, 5.41) is 15.5. The maximum Gasteiger partial charge on any atom is 0.349 e. The fourth-order valence-electron chi connectivity index (χ4n) is 0.788. The van der Waals surface area contributed by atoms with E-state index in [0.29, 0.717) is 18.3 Å². The van der Waals surface area contributed by atoms with E-state index in [9.17, 15) is 4.79 Å². The Morgan fingerprint density at radius 1 is 1.69 bits per heavy atom. The van der Waals surface area contributed by atoms with E-state index >= 15 is 0 Å². The van der Waals surface area contributed by atoms with Crippen LogP contribution in [0.4, 0.5) is 0 Å². The average molecular weight is 201 g/mol. The molecule has 1 heterocycles. The van der Waals surface area contributed by atoms with Crippen LogP contribution in [-0.2, 0) is 6.54 Å². The fourth-order valence-corrected chi connectivity index (χ4v) is 1.31. The van der Waals surface area contributed by atoms with Crippen LogP contribution >= 0.6 is 11.5 Å². The van der Waals surface area contributed by atoms with Gasteiger partial charge in [0.2, 0.25) is 0 Å². The predicted octanol–water partition coefficient (Wildman–Crippen LogP) is 0.734. The SMILES string of the molecule is CC(C)NCc1nnsc1C(=O)O. The van der Waals surface area contributed by atoms with Crippen molar-refractivity contribution in [2.24, 2.45) is 0 Å². The number of aromatic nitrogens is 2. The molecular weight excluding hydrogens is 190 g/mol. The van der Waals surface area contributed by atoms with E-state index in [4.69, 9.17) is 5.11 Å². The van der Waals surface area contributed by atoms with Gasteiger partial charge in [0.1, 0.15) is 5.69 Å². The van der Waals surface area contributed by atoms with Gasteiger partial charge in [-0.1, -0.05) is 18.3 Å². The molecule has 1 aromatic heterocycles. The monoisotopic (exact) mass is 201 g/mol. The van der Waals surface area contributed by atoms with Crippen LogP contribution in [0.3, 0.4) is 0 Å². The number of hydrogen-bond acceptors (Lipinski definition) is 5. The molecule has 0 aliphatic heterocycles. The number of carboxylic acids is 1. The maximum absolute atomic E-state index is 10.6. The number of nitrogens with zero attached hydrogens (tertiary/aromatic N) is 2. The first-order chi connectivity index (χ1) is 6.11. The summed E-state index contributed by atoms with van der Waals surface area (Å²) in [6.45, 7) is 4.43. The Hall–Kier alpha value is -1.01. The normalized spacial score (nSPS) is 10.7. The van der Waals surface area contributed by atoms with Gasteiger partial charge >= 0.3 is 5.97 Å². The van der Waals surface area contributed by atoms with Crippen LogP contribution in [0, 0.1) is 0 Å². The van der Waals surface area contributed by atoms with E-state index in [-0.39, 0.29) is 4.88 Å². The molecule has 0 aliphatic rings. The van der Waals surface area contributed by atoms with E-state index in [1.807, 2.05) is 13.8 Å². The summed E-state index contributed by atoms with van der Waals surface area (Å²) in [5.74, 6) is -0.962. The summed E-state index contributed by atoms with van der Waals surface area (Å²) in [4.78, 5) is 10.8. The first-order valence-electron chi connectivity index (χ1n) is 3.89. The van der Waals surface area contributed by atoms with Gasteiger partial charge in [-0.25, -0.2) is 4.79 Å². The highest BCUT2D eigenvalue weighted by Gasteiger charge is 2.14. The van der Waals surface area contributed by atoms with Crippen LogP contribution in [0.5, 0.6) is 0 Å². The van der Waals surface area contributed by atoms with Crippen molar-refractivity contribution in [1.29, 1.82) is 0 Å². The summed E-state index contributed by atoms with van der Waals surface area (Å²) in [5.41, 5.74) is 0.506. The molecule has 1 rings (SSSR count). The fraction of sp³-hybridized carbons (Fsp3) is 0.571. The first kappa shape index (κ1) is 10.1. The zero-order valence-corrected chi connectivity index (χ0v) is 8.26. The van der Waals surface area contributed by atoms with Gasteiger partial charge in [-0.2, -0.15) is 0 Å². The molecule has 0 unspecified atom stereocenters. The van der Waals surface area contributed by atoms with Crippen molar-refractivity contribution >= 4 is 17.5 Å². The third-order valence-corrected chi connectivity index (χ3v) is 2.18. The van der Waals surface area contributed by atoms with E-state index in [1.54, 1.807) is 0 Å². The Bertz CT molecular complexity index is 298. The molecule has 0 atom stereocenters. The summed E-state index contributed by atoms with van der Waals surface area (Å²) < 4.78 is 3.59. The van der Waals surface area contributed by atoms with Crippen molar-refractivity contribution in [1.82, 2.24) is 14.9 Å². The van der Waals surface area contributed by atoms with Crippen molar-refractivity contribution in [3.63, 3.8) is 0 Å². The van der Waals surface area contributed by atoms with Crippen molar-refractivity contribution in [3.05, 3.63) is 10.6 Å². The van der Waals surface area contributed by atoms with E-state index < -0.39 is 5.97 Å². The largest absolute Gasteiger partial charge is 0.477 e. The zero-order chi connectivity index (χ0) is 9.84. The molecule has 0 aliphatic carbocycles. The number of nitrogens with one attached hydrogen (secondary N) is 1. The Morgan fingerprint density at radius 3 is 2.92 bits per heavy atom. The van der Waals surface area contributed by atoms with E-state index in [0.717, 1.165) is 11.5 Å². The third kappa shape index (κ3) is 2.74. The van der Waals surface area contributed by atoms with Crippen LogP contribution in [0.2, 0.25) is 0 Å². The maximum atomic E-state index is 10.6. The molecule has 0 saturated carbocycles.